The van der Waals surface area contributed by atoms with Crippen LogP contribution in [0.2, 0.25) is 0 Å². The summed E-state index contributed by atoms with van der Waals surface area (Å²) in [5.74, 6) is 0. The highest BCUT2D eigenvalue weighted by atomic mass is 15.3. The second-order valence-corrected chi connectivity index (χ2v) is 4.96. The Labute approximate surface area is 97.4 Å². The summed E-state index contributed by atoms with van der Waals surface area (Å²) >= 11 is 0. The zero-order valence-electron chi connectivity index (χ0n) is 10.3. The lowest BCUT2D eigenvalue weighted by molar-refractivity contribution is 0.174. The van der Waals surface area contributed by atoms with E-state index in [9.17, 15) is 0 Å². The zero-order chi connectivity index (χ0) is 11.5. The highest BCUT2D eigenvalue weighted by Crippen LogP contribution is 2.22. The average molecular weight is 222 g/mol. The lowest BCUT2D eigenvalue weighted by atomic mass is 9.91. The maximum absolute atomic E-state index is 5.92. The predicted molar refractivity (Wildman–Crippen MR) is 64.9 cm³/mol. The summed E-state index contributed by atoms with van der Waals surface area (Å²) in [6.45, 7) is 0.945. The van der Waals surface area contributed by atoms with Crippen LogP contribution < -0.4 is 5.73 Å². The van der Waals surface area contributed by atoms with Gasteiger partial charge in [0.05, 0.1) is 5.69 Å². The van der Waals surface area contributed by atoms with Crippen LogP contribution in [0.3, 0.4) is 0 Å². The Morgan fingerprint density at radius 2 is 2.12 bits per heavy atom. The van der Waals surface area contributed by atoms with Gasteiger partial charge in [0.1, 0.15) is 0 Å². The van der Waals surface area contributed by atoms with Crippen LogP contribution >= 0.6 is 0 Å². The summed E-state index contributed by atoms with van der Waals surface area (Å²) in [7, 11) is 4.15. The Hall–Kier alpha value is -0.870. The van der Waals surface area contributed by atoms with Gasteiger partial charge in [-0.1, -0.05) is 0 Å². The molecule has 1 aliphatic rings. The van der Waals surface area contributed by atoms with Crippen molar-refractivity contribution in [1.82, 2.24) is 14.7 Å². The molecule has 0 unspecified atom stereocenters. The van der Waals surface area contributed by atoms with Crippen LogP contribution in [0.15, 0.2) is 12.3 Å². The van der Waals surface area contributed by atoms with E-state index in [4.69, 9.17) is 5.73 Å². The van der Waals surface area contributed by atoms with Crippen molar-refractivity contribution < 1.29 is 0 Å². The van der Waals surface area contributed by atoms with E-state index < -0.39 is 0 Å². The average Bonchev–Trinajstić information content (AvgIpc) is 2.65. The molecule has 1 aliphatic carbocycles. The van der Waals surface area contributed by atoms with Crippen molar-refractivity contribution in [3.05, 3.63) is 18.0 Å². The van der Waals surface area contributed by atoms with Gasteiger partial charge < -0.3 is 5.73 Å². The molecular weight excluding hydrogens is 200 g/mol. The SMILES string of the molecule is CN(Cc1ccn(C)n1)C1CCC(N)CC1. The first kappa shape index (κ1) is 11.6. The molecule has 0 radical (unpaired) electrons. The number of hydrogen-bond donors (Lipinski definition) is 1. The van der Waals surface area contributed by atoms with Gasteiger partial charge in [0.2, 0.25) is 0 Å². The third kappa shape index (κ3) is 2.83. The van der Waals surface area contributed by atoms with Gasteiger partial charge in [0.25, 0.3) is 0 Å². The van der Waals surface area contributed by atoms with Crippen LogP contribution in [0, 0.1) is 0 Å². The van der Waals surface area contributed by atoms with Crippen molar-refractivity contribution in [2.75, 3.05) is 7.05 Å². The normalized spacial score (nSPS) is 26.2. The monoisotopic (exact) mass is 222 g/mol. The van der Waals surface area contributed by atoms with Gasteiger partial charge >= 0.3 is 0 Å². The predicted octanol–water partition coefficient (Wildman–Crippen LogP) is 1.12. The summed E-state index contributed by atoms with van der Waals surface area (Å²) < 4.78 is 1.86. The van der Waals surface area contributed by atoms with Gasteiger partial charge in [-0.05, 0) is 38.8 Å². The molecule has 0 saturated heterocycles. The molecule has 1 heterocycles. The minimum Gasteiger partial charge on any atom is -0.328 e. The number of nitrogens with zero attached hydrogens (tertiary/aromatic N) is 3. The zero-order valence-corrected chi connectivity index (χ0v) is 10.3. The molecule has 2 N–H and O–H groups in total. The summed E-state index contributed by atoms with van der Waals surface area (Å²) in [4.78, 5) is 2.41. The first-order valence-electron chi connectivity index (χ1n) is 6.09. The minimum atomic E-state index is 0.430. The van der Waals surface area contributed by atoms with Gasteiger partial charge in [-0.3, -0.25) is 9.58 Å². The van der Waals surface area contributed by atoms with E-state index in [0.29, 0.717) is 12.1 Å². The molecule has 2 rings (SSSR count). The number of hydrogen-bond acceptors (Lipinski definition) is 3. The van der Waals surface area contributed by atoms with Crippen molar-refractivity contribution in [3.8, 4) is 0 Å². The van der Waals surface area contributed by atoms with Crippen molar-refractivity contribution in [2.45, 2.75) is 44.3 Å². The van der Waals surface area contributed by atoms with Crippen LogP contribution in [0.5, 0.6) is 0 Å². The van der Waals surface area contributed by atoms with E-state index >= 15 is 0 Å². The number of rotatable bonds is 3. The Kier molecular flexibility index (Phi) is 3.61. The fourth-order valence-electron chi connectivity index (χ4n) is 2.47. The first-order chi connectivity index (χ1) is 7.65. The summed E-state index contributed by atoms with van der Waals surface area (Å²) in [5.41, 5.74) is 7.07. The molecule has 0 aliphatic heterocycles. The van der Waals surface area contributed by atoms with Gasteiger partial charge in [0.15, 0.2) is 0 Å². The van der Waals surface area contributed by atoms with Gasteiger partial charge in [-0.25, -0.2) is 0 Å². The molecule has 0 spiro atoms. The minimum absolute atomic E-state index is 0.430. The lowest BCUT2D eigenvalue weighted by Gasteiger charge is -2.33. The standard InChI is InChI=1S/C12H22N4/c1-15(9-11-7-8-16(2)14-11)12-5-3-10(13)4-6-12/h7-8,10,12H,3-6,9,13H2,1-2H3. The van der Waals surface area contributed by atoms with E-state index in [1.165, 1.54) is 12.8 Å². The van der Waals surface area contributed by atoms with E-state index in [0.717, 1.165) is 25.1 Å². The third-order valence-corrected chi connectivity index (χ3v) is 3.54. The van der Waals surface area contributed by atoms with Crippen LogP contribution in [-0.2, 0) is 13.6 Å². The fourth-order valence-corrected chi connectivity index (χ4v) is 2.47. The highest BCUT2D eigenvalue weighted by Gasteiger charge is 2.22. The smallest absolute Gasteiger partial charge is 0.0764 e. The van der Waals surface area contributed by atoms with Crippen molar-refractivity contribution in [3.63, 3.8) is 0 Å². The molecule has 1 saturated carbocycles. The molecule has 90 valence electrons. The molecule has 4 heteroatoms. The molecule has 1 aromatic rings. The Morgan fingerprint density at radius 1 is 1.44 bits per heavy atom. The highest BCUT2D eigenvalue weighted by molar-refractivity contribution is 4.98. The van der Waals surface area contributed by atoms with Crippen molar-refractivity contribution in [1.29, 1.82) is 0 Å². The topological polar surface area (TPSA) is 47.1 Å². The van der Waals surface area contributed by atoms with Crippen LogP contribution in [0.25, 0.3) is 0 Å². The van der Waals surface area contributed by atoms with E-state index in [1.54, 1.807) is 0 Å². The van der Waals surface area contributed by atoms with Gasteiger partial charge in [0, 0.05) is 31.9 Å². The molecule has 0 amide bonds. The number of nitrogens with two attached hydrogens (primary N) is 1. The summed E-state index contributed by atoms with van der Waals surface area (Å²) in [6, 6.07) is 3.20. The molecular formula is C12H22N4. The van der Waals surface area contributed by atoms with Crippen LogP contribution in [-0.4, -0.2) is 33.8 Å². The summed E-state index contributed by atoms with van der Waals surface area (Å²) in [5, 5.41) is 4.41. The van der Waals surface area contributed by atoms with Crippen LogP contribution in [0.1, 0.15) is 31.4 Å². The molecule has 0 aromatic carbocycles. The second kappa shape index (κ2) is 4.97. The molecule has 4 nitrogen and oxygen atoms in total. The molecule has 1 aromatic heterocycles. The molecule has 16 heavy (non-hydrogen) atoms. The van der Waals surface area contributed by atoms with Crippen LogP contribution in [0.4, 0.5) is 0 Å². The first-order valence-corrected chi connectivity index (χ1v) is 6.09. The van der Waals surface area contributed by atoms with E-state index in [1.807, 2.05) is 17.9 Å². The molecule has 0 atom stereocenters. The summed E-state index contributed by atoms with van der Waals surface area (Å²) in [6.07, 6.45) is 6.78. The molecule has 0 bridgehead atoms. The third-order valence-electron chi connectivity index (χ3n) is 3.54. The Balaban J connectivity index is 1.85. The largest absolute Gasteiger partial charge is 0.328 e. The van der Waals surface area contributed by atoms with Crippen molar-refractivity contribution in [2.24, 2.45) is 12.8 Å². The van der Waals surface area contributed by atoms with Gasteiger partial charge in [-0.15, -0.1) is 0 Å². The van der Waals surface area contributed by atoms with E-state index in [2.05, 4.69) is 23.1 Å². The maximum atomic E-state index is 5.92. The van der Waals surface area contributed by atoms with Gasteiger partial charge in [-0.2, -0.15) is 5.10 Å². The Bertz CT molecular complexity index is 326. The quantitative estimate of drug-likeness (QED) is 0.833. The fraction of sp³-hybridized carbons (Fsp3) is 0.750. The maximum Gasteiger partial charge on any atom is 0.0764 e. The lowest BCUT2D eigenvalue weighted by Crippen LogP contribution is -2.38. The van der Waals surface area contributed by atoms with E-state index in [-0.39, 0.29) is 0 Å². The molecule has 1 fully saturated rings. The van der Waals surface area contributed by atoms with Crippen molar-refractivity contribution >= 4 is 0 Å². The second-order valence-electron chi connectivity index (χ2n) is 4.96. The Morgan fingerprint density at radius 3 is 2.69 bits per heavy atom. The number of aromatic nitrogens is 2. The number of aryl methyl sites for hydroxylation is 1.